The highest BCUT2D eigenvalue weighted by Gasteiger charge is 2.27. The molecule has 1 N–H and O–H groups in total. The third-order valence-electron chi connectivity index (χ3n) is 4.08. The molecule has 0 spiro atoms. The quantitative estimate of drug-likeness (QED) is 0.783. The van der Waals surface area contributed by atoms with E-state index in [2.05, 4.69) is 15.6 Å². The first-order valence-corrected chi connectivity index (χ1v) is 7.71. The van der Waals surface area contributed by atoms with Crippen molar-refractivity contribution in [1.29, 1.82) is 0 Å². The number of benzene rings is 2. The fourth-order valence-corrected chi connectivity index (χ4v) is 2.91. The summed E-state index contributed by atoms with van der Waals surface area (Å²) in [5.41, 5.74) is 3.36. The Hall–Kier alpha value is -3.22. The molecule has 2 amide bonds. The Morgan fingerprint density at radius 2 is 2.08 bits per heavy atom. The van der Waals surface area contributed by atoms with E-state index in [0.29, 0.717) is 29.0 Å². The van der Waals surface area contributed by atoms with Crippen molar-refractivity contribution in [1.82, 2.24) is 15.0 Å². The Kier molecular flexibility index (Phi) is 3.26. The lowest BCUT2D eigenvalue weighted by atomic mass is 10.1. The molecule has 120 valence electrons. The zero-order valence-corrected chi connectivity index (χ0v) is 13.1. The molecule has 0 unspecified atom stereocenters. The molecular weight excluding hydrogens is 306 g/mol. The van der Waals surface area contributed by atoms with E-state index in [9.17, 15) is 9.59 Å². The van der Waals surface area contributed by atoms with E-state index < -0.39 is 0 Å². The maximum absolute atomic E-state index is 12.9. The summed E-state index contributed by atoms with van der Waals surface area (Å²) >= 11 is 0. The number of carbonyl (C=O) groups is 2. The third-order valence-corrected chi connectivity index (χ3v) is 4.08. The normalized spacial score (nSPS) is 13.7. The van der Waals surface area contributed by atoms with Crippen molar-refractivity contribution in [3.05, 3.63) is 48.0 Å². The molecule has 0 saturated heterocycles. The van der Waals surface area contributed by atoms with Crippen molar-refractivity contribution in [3.63, 3.8) is 0 Å². The Labute approximate surface area is 137 Å². The summed E-state index contributed by atoms with van der Waals surface area (Å²) in [7, 11) is 0. The maximum atomic E-state index is 12.9. The number of para-hydroxylation sites is 2. The van der Waals surface area contributed by atoms with Gasteiger partial charge in [-0.2, -0.15) is 0 Å². The molecule has 0 radical (unpaired) electrons. The Bertz CT molecular complexity index is 963. The van der Waals surface area contributed by atoms with Crippen LogP contribution in [0.2, 0.25) is 0 Å². The number of anilines is 2. The summed E-state index contributed by atoms with van der Waals surface area (Å²) in [6, 6.07) is 12.6. The van der Waals surface area contributed by atoms with Crippen LogP contribution in [0, 0.1) is 0 Å². The largest absolute Gasteiger partial charge is 0.323 e. The molecule has 0 aliphatic carbocycles. The van der Waals surface area contributed by atoms with Gasteiger partial charge in [-0.25, -0.2) is 4.68 Å². The zero-order chi connectivity index (χ0) is 16.7. The van der Waals surface area contributed by atoms with Crippen LogP contribution in [-0.4, -0.2) is 33.4 Å². The van der Waals surface area contributed by atoms with Gasteiger partial charge in [0.15, 0.2) is 0 Å². The SMILES string of the molecule is CCn1nnc2cc(C(=O)N3CC(=O)Nc4ccccc43)ccc21. The number of hydrogen-bond donors (Lipinski definition) is 1. The van der Waals surface area contributed by atoms with E-state index in [0.717, 1.165) is 5.52 Å². The van der Waals surface area contributed by atoms with Crippen LogP contribution in [-0.2, 0) is 11.3 Å². The van der Waals surface area contributed by atoms with Gasteiger partial charge in [0.1, 0.15) is 12.1 Å². The number of fused-ring (bicyclic) bond motifs is 2. The molecule has 1 aliphatic heterocycles. The van der Waals surface area contributed by atoms with Gasteiger partial charge in [-0.15, -0.1) is 5.10 Å². The Morgan fingerprint density at radius 1 is 1.25 bits per heavy atom. The molecule has 0 atom stereocenters. The molecule has 1 aliphatic rings. The van der Waals surface area contributed by atoms with Crippen molar-refractivity contribution < 1.29 is 9.59 Å². The predicted octanol–water partition coefficient (Wildman–Crippen LogP) is 2.05. The minimum Gasteiger partial charge on any atom is -0.323 e. The number of hydrogen-bond acceptors (Lipinski definition) is 4. The van der Waals surface area contributed by atoms with Crippen LogP contribution in [0.1, 0.15) is 17.3 Å². The van der Waals surface area contributed by atoms with Gasteiger partial charge in [-0.3, -0.25) is 14.5 Å². The van der Waals surface area contributed by atoms with Gasteiger partial charge >= 0.3 is 0 Å². The topological polar surface area (TPSA) is 80.1 Å². The van der Waals surface area contributed by atoms with E-state index in [1.165, 1.54) is 4.90 Å². The monoisotopic (exact) mass is 321 g/mol. The minimum absolute atomic E-state index is 0.00443. The van der Waals surface area contributed by atoms with Crippen molar-refractivity contribution >= 4 is 34.2 Å². The van der Waals surface area contributed by atoms with Crippen molar-refractivity contribution in [3.8, 4) is 0 Å². The summed E-state index contributed by atoms with van der Waals surface area (Å²) in [6.07, 6.45) is 0. The van der Waals surface area contributed by atoms with Gasteiger partial charge < -0.3 is 5.32 Å². The third kappa shape index (κ3) is 2.21. The predicted molar refractivity (Wildman–Crippen MR) is 90.0 cm³/mol. The van der Waals surface area contributed by atoms with Crippen molar-refractivity contribution in [2.75, 3.05) is 16.8 Å². The van der Waals surface area contributed by atoms with Crippen LogP contribution in [0.25, 0.3) is 11.0 Å². The van der Waals surface area contributed by atoms with Gasteiger partial charge in [0, 0.05) is 12.1 Å². The van der Waals surface area contributed by atoms with Crippen LogP contribution in [0.15, 0.2) is 42.5 Å². The zero-order valence-electron chi connectivity index (χ0n) is 13.1. The molecular formula is C17H15N5O2. The Balaban J connectivity index is 1.75. The lowest BCUT2D eigenvalue weighted by molar-refractivity contribution is -0.115. The molecule has 0 fully saturated rings. The molecule has 0 bridgehead atoms. The molecule has 7 nitrogen and oxygen atoms in total. The van der Waals surface area contributed by atoms with Crippen molar-refractivity contribution in [2.45, 2.75) is 13.5 Å². The number of nitrogens with one attached hydrogen (secondary N) is 1. The molecule has 24 heavy (non-hydrogen) atoms. The fraction of sp³-hybridized carbons (Fsp3) is 0.176. The van der Waals surface area contributed by atoms with Crippen LogP contribution in [0.4, 0.5) is 11.4 Å². The van der Waals surface area contributed by atoms with E-state index in [1.807, 2.05) is 31.2 Å². The second-order valence-electron chi connectivity index (χ2n) is 5.57. The lowest BCUT2D eigenvalue weighted by Crippen LogP contribution is -2.42. The average Bonchev–Trinajstić information content (AvgIpc) is 3.02. The van der Waals surface area contributed by atoms with Crippen LogP contribution >= 0.6 is 0 Å². The number of nitrogens with zero attached hydrogens (tertiary/aromatic N) is 4. The van der Waals surface area contributed by atoms with Gasteiger partial charge in [0.25, 0.3) is 5.91 Å². The number of amides is 2. The Morgan fingerprint density at radius 3 is 2.92 bits per heavy atom. The molecule has 2 heterocycles. The highest BCUT2D eigenvalue weighted by atomic mass is 16.2. The van der Waals surface area contributed by atoms with E-state index in [4.69, 9.17) is 0 Å². The molecule has 7 heteroatoms. The summed E-state index contributed by atoms with van der Waals surface area (Å²) in [6.45, 7) is 2.69. The highest BCUT2D eigenvalue weighted by molar-refractivity contribution is 6.15. The molecule has 2 aromatic carbocycles. The lowest BCUT2D eigenvalue weighted by Gasteiger charge is -2.29. The first-order chi connectivity index (χ1) is 11.7. The summed E-state index contributed by atoms with van der Waals surface area (Å²) < 4.78 is 1.77. The second-order valence-corrected chi connectivity index (χ2v) is 5.57. The van der Waals surface area contributed by atoms with Crippen LogP contribution in [0.3, 0.4) is 0 Å². The van der Waals surface area contributed by atoms with E-state index in [1.54, 1.807) is 22.9 Å². The van der Waals surface area contributed by atoms with Crippen LogP contribution in [0.5, 0.6) is 0 Å². The molecule has 4 rings (SSSR count). The minimum atomic E-state index is -0.231. The maximum Gasteiger partial charge on any atom is 0.258 e. The second kappa shape index (κ2) is 5.45. The van der Waals surface area contributed by atoms with Gasteiger partial charge in [0.05, 0.1) is 16.9 Å². The van der Waals surface area contributed by atoms with E-state index >= 15 is 0 Å². The smallest absolute Gasteiger partial charge is 0.258 e. The molecule has 1 aromatic heterocycles. The average molecular weight is 321 g/mol. The number of aromatic nitrogens is 3. The van der Waals surface area contributed by atoms with Gasteiger partial charge in [-0.05, 0) is 37.3 Å². The summed E-state index contributed by atoms with van der Waals surface area (Å²) in [5, 5.41) is 10.9. The molecule has 3 aromatic rings. The number of aryl methyl sites for hydroxylation is 1. The number of rotatable bonds is 2. The van der Waals surface area contributed by atoms with Gasteiger partial charge in [0.2, 0.25) is 5.91 Å². The molecule has 0 saturated carbocycles. The summed E-state index contributed by atoms with van der Waals surface area (Å²) in [5.74, 6) is -0.440. The number of carbonyl (C=O) groups excluding carboxylic acids is 2. The first-order valence-electron chi connectivity index (χ1n) is 7.71. The van der Waals surface area contributed by atoms with E-state index in [-0.39, 0.29) is 18.4 Å². The van der Waals surface area contributed by atoms with Crippen LogP contribution < -0.4 is 10.2 Å². The van der Waals surface area contributed by atoms with Gasteiger partial charge in [-0.1, -0.05) is 17.3 Å². The highest BCUT2D eigenvalue weighted by Crippen LogP contribution is 2.30. The first kappa shape index (κ1) is 14.4. The van der Waals surface area contributed by atoms with Crippen molar-refractivity contribution in [2.24, 2.45) is 0 Å². The standard InChI is InChI=1S/C17H15N5O2/c1-2-22-15-8-7-11(9-13(15)19-20-22)17(24)21-10-16(23)18-12-5-3-4-6-14(12)21/h3-9H,2,10H2,1H3,(H,18,23). The summed E-state index contributed by atoms with van der Waals surface area (Å²) in [4.78, 5) is 26.3. The fourth-order valence-electron chi connectivity index (χ4n) is 2.91.